The van der Waals surface area contributed by atoms with Gasteiger partial charge in [-0.05, 0) is 44.0 Å². The normalized spacial score (nSPS) is 15.7. The highest BCUT2D eigenvalue weighted by Gasteiger charge is 2.17. The molecule has 0 aliphatic carbocycles. The molecule has 8 nitrogen and oxygen atoms in total. The lowest BCUT2D eigenvalue weighted by Gasteiger charge is -2.15. The van der Waals surface area contributed by atoms with Gasteiger partial charge in [-0.2, -0.15) is 0 Å². The first kappa shape index (κ1) is 26.0. The quantitative estimate of drug-likeness (QED) is 0.180. The predicted octanol–water partition coefficient (Wildman–Crippen LogP) is 3.11. The SMILES string of the molecule is CCNC(=NCc1ccc(C)cc1OCC1CCOC1)NCCNC(=O)c1ccco1.I. The zero-order valence-electron chi connectivity index (χ0n) is 18.7. The third-order valence-corrected chi connectivity index (χ3v) is 4.92. The predicted molar refractivity (Wildman–Crippen MR) is 135 cm³/mol. The van der Waals surface area contributed by atoms with E-state index in [-0.39, 0.29) is 29.9 Å². The Kier molecular flexibility index (Phi) is 11.4. The van der Waals surface area contributed by atoms with Crippen LogP contribution in [0.2, 0.25) is 0 Å². The molecule has 1 aromatic heterocycles. The molecule has 32 heavy (non-hydrogen) atoms. The van der Waals surface area contributed by atoms with E-state index >= 15 is 0 Å². The molecule has 1 fully saturated rings. The second-order valence-electron chi connectivity index (χ2n) is 7.51. The maximum atomic E-state index is 11.9. The molecule has 3 rings (SSSR count). The van der Waals surface area contributed by atoms with Crippen molar-refractivity contribution in [3.63, 3.8) is 0 Å². The van der Waals surface area contributed by atoms with E-state index < -0.39 is 0 Å². The van der Waals surface area contributed by atoms with Gasteiger partial charge in [0.2, 0.25) is 0 Å². The van der Waals surface area contributed by atoms with Crippen molar-refractivity contribution in [1.29, 1.82) is 0 Å². The fourth-order valence-electron chi connectivity index (χ4n) is 3.21. The van der Waals surface area contributed by atoms with Crippen molar-refractivity contribution in [3.8, 4) is 5.75 Å². The Balaban J connectivity index is 0.00000363. The van der Waals surface area contributed by atoms with Crippen LogP contribution in [0.1, 0.15) is 35.0 Å². The van der Waals surface area contributed by atoms with E-state index in [0.717, 1.165) is 43.1 Å². The summed E-state index contributed by atoms with van der Waals surface area (Å²) in [4.78, 5) is 16.6. The van der Waals surface area contributed by atoms with Crippen LogP contribution in [-0.4, -0.2) is 51.3 Å². The van der Waals surface area contributed by atoms with Crippen LogP contribution in [-0.2, 0) is 11.3 Å². The molecular weight excluding hydrogens is 523 g/mol. The summed E-state index contributed by atoms with van der Waals surface area (Å²) in [5.74, 6) is 2.08. The molecular formula is C23H33IN4O4. The number of guanidine groups is 1. The first-order valence-corrected chi connectivity index (χ1v) is 10.8. The fraction of sp³-hybridized carbons (Fsp3) is 0.478. The molecule has 2 heterocycles. The van der Waals surface area contributed by atoms with Crippen LogP contribution in [0.25, 0.3) is 0 Å². The van der Waals surface area contributed by atoms with E-state index in [2.05, 4.69) is 46.1 Å². The second-order valence-corrected chi connectivity index (χ2v) is 7.51. The summed E-state index contributed by atoms with van der Waals surface area (Å²) in [6.45, 7) is 8.54. The number of nitrogens with one attached hydrogen (secondary N) is 3. The zero-order valence-corrected chi connectivity index (χ0v) is 21.0. The molecule has 1 unspecified atom stereocenters. The Morgan fingerprint density at radius 1 is 1.22 bits per heavy atom. The van der Waals surface area contributed by atoms with Crippen LogP contribution < -0.4 is 20.7 Å². The van der Waals surface area contributed by atoms with Gasteiger partial charge < -0.3 is 29.8 Å². The number of aliphatic imine (C=N–C) groups is 1. The third-order valence-electron chi connectivity index (χ3n) is 4.92. The van der Waals surface area contributed by atoms with Gasteiger partial charge in [0.25, 0.3) is 5.91 Å². The van der Waals surface area contributed by atoms with E-state index in [1.807, 2.05) is 6.92 Å². The largest absolute Gasteiger partial charge is 0.493 e. The summed E-state index contributed by atoms with van der Waals surface area (Å²) in [5, 5.41) is 9.27. The van der Waals surface area contributed by atoms with Gasteiger partial charge in [0.15, 0.2) is 11.7 Å². The summed E-state index contributed by atoms with van der Waals surface area (Å²) in [6.07, 6.45) is 2.53. The Hall–Kier alpha value is -2.27. The van der Waals surface area contributed by atoms with Crippen molar-refractivity contribution in [2.75, 3.05) is 39.5 Å². The average molecular weight is 556 g/mol. The number of hydrogen-bond acceptors (Lipinski definition) is 5. The Morgan fingerprint density at radius 2 is 2.06 bits per heavy atom. The summed E-state index contributed by atoms with van der Waals surface area (Å²) in [6, 6.07) is 9.52. The minimum atomic E-state index is -0.233. The third kappa shape index (κ3) is 8.34. The van der Waals surface area contributed by atoms with Crippen LogP contribution in [0.5, 0.6) is 5.75 Å². The number of hydrogen-bond donors (Lipinski definition) is 3. The van der Waals surface area contributed by atoms with Crippen LogP contribution in [0, 0.1) is 12.8 Å². The molecule has 0 spiro atoms. The van der Waals surface area contributed by atoms with Gasteiger partial charge in [0.1, 0.15) is 5.75 Å². The van der Waals surface area contributed by atoms with Gasteiger partial charge >= 0.3 is 0 Å². The average Bonchev–Trinajstić information content (AvgIpc) is 3.48. The molecule has 1 aromatic carbocycles. The molecule has 176 valence electrons. The highest BCUT2D eigenvalue weighted by molar-refractivity contribution is 14.0. The smallest absolute Gasteiger partial charge is 0.287 e. The number of furan rings is 1. The molecule has 0 saturated carbocycles. The lowest BCUT2D eigenvalue weighted by Crippen LogP contribution is -2.41. The van der Waals surface area contributed by atoms with E-state index in [9.17, 15) is 4.79 Å². The van der Waals surface area contributed by atoms with E-state index in [1.165, 1.54) is 6.26 Å². The van der Waals surface area contributed by atoms with Crippen LogP contribution >= 0.6 is 24.0 Å². The Bertz CT molecular complexity index is 852. The Morgan fingerprint density at radius 3 is 2.78 bits per heavy atom. The summed E-state index contributed by atoms with van der Waals surface area (Å²) < 4.78 is 16.6. The van der Waals surface area contributed by atoms with Crippen LogP contribution in [0.4, 0.5) is 0 Å². The fourth-order valence-corrected chi connectivity index (χ4v) is 3.21. The summed E-state index contributed by atoms with van der Waals surface area (Å²) in [7, 11) is 0. The number of rotatable bonds is 10. The number of ether oxygens (including phenoxy) is 2. The molecule has 1 amide bonds. The Labute approximate surface area is 206 Å². The maximum Gasteiger partial charge on any atom is 0.287 e. The van der Waals surface area contributed by atoms with Crippen molar-refractivity contribution < 1.29 is 18.7 Å². The standard InChI is InChI=1S/C23H32N4O4.HI/c1-3-24-23(26-10-9-25-22(28)20-5-4-11-30-20)27-14-19-7-6-17(2)13-21(19)31-16-18-8-12-29-15-18;/h4-7,11,13,18H,3,8-10,12,14-16H2,1-2H3,(H,25,28)(H2,24,26,27);1H. The number of benzene rings is 1. The highest BCUT2D eigenvalue weighted by atomic mass is 127. The van der Waals surface area contributed by atoms with Crippen LogP contribution in [0.3, 0.4) is 0 Å². The van der Waals surface area contributed by atoms with Crippen molar-refractivity contribution in [2.45, 2.75) is 26.8 Å². The number of nitrogens with zero attached hydrogens (tertiary/aromatic N) is 1. The molecule has 1 aliphatic heterocycles. The molecule has 0 radical (unpaired) electrons. The highest BCUT2D eigenvalue weighted by Crippen LogP contribution is 2.23. The maximum absolute atomic E-state index is 11.9. The first-order valence-electron chi connectivity index (χ1n) is 10.8. The van der Waals surface area contributed by atoms with E-state index in [4.69, 9.17) is 13.9 Å². The molecule has 3 N–H and O–H groups in total. The number of carbonyl (C=O) groups is 1. The summed E-state index contributed by atoms with van der Waals surface area (Å²) in [5.41, 5.74) is 2.19. The van der Waals surface area contributed by atoms with Gasteiger partial charge in [-0.25, -0.2) is 4.99 Å². The molecule has 1 aliphatic rings. The van der Waals surface area contributed by atoms with E-state index in [0.29, 0.717) is 43.9 Å². The number of halogens is 1. The molecule has 1 saturated heterocycles. The minimum Gasteiger partial charge on any atom is -0.493 e. The van der Waals surface area contributed by atoms with Gasteiger partial charge in [-0.15, -0.1) is 24.0 Å². The summed E-state index contributed by atoms with van der Waals surface area (Å²) >= 11 is 0. The first-order chi connectivity index (χ1) is 15.2. The van der Waals surface area contributed by atoms with Crippen molar-refractivity contribution >= 4 is 35.8 Å². The van der Waals surface area contributed by atoms with Crippen molar-refractivity contribution in [1.82, 2.24) is 16.0 Å². The lowest BCUT2D eigenvalue weighted by molar-refractivity contribution is 0.0926. The van der Waals surface area contributed by atoms with Gasteiger partial charge in [0.05, 0.1) is 26.0 Å². The van der Waals surface area contributed by atoms with Gasteiger partial charge in [-0.1, -0.05) is 12.1 Å². The monoisotopic (exact) mass is 556 g/mol. The van der Waals surface area contributed by atoms with Crippen molar-refractivity contribution in [3.05, 3.63) is 53.5 Å². The van der Waals surface area contributed by atoms with E-state index in [1.54, 1.807) is 12.1 Å². The topological polar surface area (TPSA) is 97.1 Å². The molecule has 1 atom stereocenters. The molecule has 0 bridgehead atoms. The molecule has 2 aromatic rings. The van der Waals surface area contributed by atoms with Gasteiger partial charge in [0, 0.05) is 37.7 Å². The van der Waals surface area contributed by atoms with Gasteiger partial charge in [-0.3, -0.25) is 4.79 Å². The zero-order chi connectivity index (χ0) is 21.9. The van der Waals surface area contributed by atoms with Crippen molar-refractivity contribution in [2.24, 2.45) is 10.9 Å². The number of aryl methyl sites for hydroxylation is 1. The number of amides is 1. The minimum absolute atomic E-state index is 0. The molecule has 9 heteroatoms. The lowest BCUT2D eigenvalue weighted by atomic mass is 10.1. The number of carbonyl (C=O) groups excluding carboxylic acids is 1. The van der Waals surface area contributed by atoms with Crippen LogP contribution in [0.15, 0.2) is 46.0 Å². The second kappa shape index (κ2) is 14.0.